The van der Waals surface area contributed by atoms with Crippen molar-refractivity contribution in [1.82, 2.24) is 19.8 Å². The number of aromatic nitrogens is 2. The van der Waals surface area contributed by atoms with Gasteiger partial charge in [-0.15, -0.1) is 0 Å². The minimum Gasteiger partial charge on any atom is -0.462 e. The quantitative estimate of drug-likeness (QED) is 0.496. The number of carbonyl (C=O) groups excluding carboxylic acids is 1. The van der Waals surface area contributed by atoms with Gasteiger partial charge < -0.3 is 19.4 Å². The number of carbonyl (C=O) groups is 1. The topological polar surface area (TPSA) is 85.6 Å². The van der Waals surface area contributed by atoms with Crippen molar-refractivity contribution in [2.75, 3.05) is 44.7 Å². The number of anilines is 1. The number of hydrogen-bond donors (Lipinski definition) is 0. The molecule has 216 valence electrons. The summed E-state index contributed by atoms with van der Waals surface area (Å²) in [5, 5.41) is 9.48. The molecule has 3 heterocycles. The number of nitrogens with zero attached hydrogens (tertiary/aromatic N) is 6. The summed E-state index contributed by atoms with van der Waals surface area (Å²) in [7, 11) is 2.10. The number of ether oxygens (including phenoxy) is 1. The second kappa shape index (κ2) is 11.0. The van der Waals surface area contributed by atoms with Gasteiger partial charge in [0.05, 0.1) is 24.2 Å². The Kier molecular flexibility index (Phi) is 7.41. The highest BCUT2D eigenvalue weighted by Crippen LogP contribution is 2.50. The summed E-state index contributed by atoms with van der Waals surface area (Å²) in [6, 6.07) is 5.00. The van der Waals surface area contributed by atoms with Gasteiger partial charge in [0.1, 0.15) is 24.1 Å². The molecule has 2 aliphatic heterocycles. The number of amides is 1. The van der Waals surface area contributed by atoms with Crippen LogP contribution in [0.25, 0.3) is 0 Å². The zero-order valence-electron chi connectivity index (χ0n) is 23.5. The van der Waals surface area contributed by atoms with E-state index in [1.165, 1.54) is 12.1 Å². The lowest BCUT2D eigenvalue weighted by molar-refractivity contribution is -0.128. The first kappa shape index (κ1) is 27.6. The summed E-state index contributed by atoms with van der Waals surface area (Å²) in [5.41, 5.74) is 2.80. The van der Waals surface area contributed by atoms with Crippen LogP contribution in [0.2, 0.25) is 0 Å². The van der Waals surface area contributed by atoms with Crippen LogP contribution in [-0.2, 0) is 29.5 Å². The Morgan fingerprint density at radius 1 is 1.22 bits per heavy atom. The highest BCUT2D eigenvalue weighted by molar-refractivity contribution is 5.87. The van der Waals surface area contributed by atoms with Crippen molar-refractivity contribution in [2.45, 2.75) is 68.9 Å². The molecule has 10 heteroatoms. The molecule has 0 saturated carbocycles. The van der Waals surface area contributed by atoms with E-state index in [1.807, 2.05) is 0 Å². The number of likely N-dealkylation sites (N-methyl/N-ethyl adjacent to an activating group) is 1. The third-order valence-electron chi connectivity index (χ3n) is 9.59. The molecule has 3 atom stereocenters. The third kappa shape index (κ3) is 5.05. The molecule has 2 saturated heterocycles. The van der Waals surface area contributed by atoms with E-state index >= 15 is 4.39 Å². The third-order valence-corrected chi connectivity index (χ3v) is 9.59. The molecule has 4 aliphatic rings. The molecule has 0 bridgehead atoms. The van der Waals surface area contributed by atoms with Crippen molar-refractivity contribution in [2.24, 2.45) is 0 Å². The average Bonchev–Trinajstić information content (AvgIpc) is 3.53. The molecule has 0 radical (unpaired) electrons. The molecule has 2 aliphatic carbocycles. The van der Waals surface area contributed by atoms with Gasteiger partial charge in [-0.1, -0.05) is 6.58 Å². The first-order valence-corrected chi connectivity index (χ1v) is 14.6. The first-order chi connectivity index (χ1) is 19.8. The Bertz CT molecular complexity index is 1410. The van der Waals surface area contributed by atoms with Crippen molar-refractivity contribution in [1.29, 1.82) is 5.26 Å². The molecule has 6 rings (SSSR count). The van der Waals surface area contributed by atoms with Crippen molar-refractivity contribution in [3.8, 4) is 12.1 Å². The molecule has 1 aromatic heterocycles. The van der Waals surface area contributed by atoms with E-state index in [0.717, 1.165) is 60.9 Å². The Balaban J connectivity index is 1.35. The van der Waals surface area contributed by atoms with Crippen LogP contribution in [0.5, 0.6) is 6.01 Å². The summed E-state index contributed by atoms with van der Waals surface area (Å²) in [6.45, 7) is 6.60. The second-order valence-corrected chi connectivity index (χ2v) is 11.9. The molecule has 1 spiro atoms. The lowest BCUT2D eigenvalue weighted by atomic mass is 9.69. The van der Waals surface area contributed by atoms with E-state index in [9.17, 15) is 14.4 Å². The normalized spacial score (nSPS) is 25.6. The number of aryl methyl sites for hydroxylation is 1. The fourth-order valence-electron chi connectivity index (χ4n) is 7.44. The van der Waals surface area contributed by atoms with Gasteiger partial charge in [0, 0.05) is 49.1 Å². The maximum atomic E-state index is 15.2. The Hall–Kier alpha value is -3.58. The minimum absolute atomic E-state index is 0.181. The minimum atomic E-state index is -0.535. The SMILES string of the molecule is C=CC(=O)N1CCN(c2nc(OCC3CCCN3C)nc3c2CCC2(CCc4cc(F)cc(F)c42)C3)CC1CC#N. The molecular formula is C31H36F2N6O2. The van der Waals surface area contributed by atoms with Gasteiger partial charge >= 0.3 is 6.01 Å². The molecule has 0 N–H and O–H groups in total. The number of halogens is 2. The molecule has 3 unspecified atom stereocenters. The van der Waals surface area contributed by atoms with Gasteiger partial charge in [-0.3, -0.25) is 4.79 Å². The monoisotopic (exact) mass is 562 g/mol. The number of hydrogen-bond acceptors (Lipinski definition) is 7. The molecule has 41 heavy (non-hydrogen) atoms. The largest absolute Gasteiger partial charge is 0.462 e. The van der Waals surface area contributed by atoms with Crippen LogP contribution in [0, 0.1) is 23.0 Å². The molecule has 2 fully saturated rings. The predicted octanol–water partition coefficient (Wildman–Crippen LogP) is 3.72. The number of nitriles is 1. The van der Waals surface area contributed by atoms with Gasteiger partial charge in [0.15, 0.2) is 0 Å². The van der Waals surface area contributed by atoms with Crippen LogP contribution >= 0.6 is 0 Å². The Morgan fingerprint density at radius 2 is 2.05 bits per heavy atom. The lowest BCUT2D eigenvalue weighted by Gasteiger charge is -2.42. The van der Waals surface area contributed by atoms with E-state index in [-0.39, 0.29) is 18.4 Å². The first-order valence-electron chi connectivity index (χ1n) is 14.6. The maximum absolute atomic E-state index is 15.2. The van der Waals surface area contributed by atoms with Gasteiger partial charge in [-0.25, -0.2) is 8.78 Å². The van der Waals surface area contributed by atoms with Crippen LogP contribution in [0.3, 0.4) is 0 Å². The van der Waals surface area contributed by atoms with E-state index in [0.29, 0.717) is 63.1 Å². The zero-order chi connectivity index (χ0) is 28.7. The Morgan fingerprint density at radius 3 is 2.80 bits per heavy atom. The van der Waals surface area contributed by atoms with E-state index in [2.05, 4.69) is 29.5 Å². The lowest BCUT2D eigenvalue weighted by Crippen LogP contribution is -2.55. The molecule has 1 aromatic carbocycles. The van der Waals surface area contributed by atoms with Gasteiger partial charge in [0.2, 0.25) is 5.91 Å². The number of likely N-dealkylation sites (tertiary alicyclic amines) is 1. The van der Waals surface area contributed by atoms with Gasteiger partial charge in [-0.2, -0.15) is 15.2 Å². The molecule has 8 nitrogen and oxygen atoms in total. The number of rotatable bonds is 6. The highest BCUT2D eigenvalue weighted by atomic mass is 19.1. The average molecular weight is 563 g/mol. The fourth-order valence-corrected chi connectivity index (χ4v) is 7.44. The van der Waals surface area contributed by atoms with E-state index in [4.69, 9.17) is 14.7 Å². The maximum Gasteiger partial charge on any atom is 0.318 e. The standard InChI is InChI=1S/C31H36F2N6O2/c1-3-27(40)39-14-13-38(18-22(39)8-11-34)29-24-7-10-31(9-6-20-15-21(32)16-25(33)28(20)31)17-26(24)35-30(36-29)41-19-23-5-4-12-37(23)2/h3,15-16,22-23H,1,4-10,12-14,17-19H2,2H3. The number of piperazine rings is 1. The smallest absolute Gasteiger partial charge is 0.318 e. The number of fused-ring (bicyclic) bond motifs is 3. The van der Waals surface area contributed by atoms with Crippen LogP contribution in [0.4, 0.5) is 14.6 Å². The van der Waals surface area contributed by atoms with Crippen molar-refractivity contribution in [3.63, 3.8) is 0 Å². The molecule has 2 aromatic rings. The zero-order valence-corrected chi connectivity index (χ0v) is 23.5. The van der Waals surface area contributed by atoms with Crippen LogP contribution in [-0.4, -0.2) is 77.6 Å². The fraction of sp³-hybridized carbons (Fsp3) is 0.548. The highest BCUT2D eigenvalue weighted by Gasteiger charge is 2.45. The van der Waals surface area contributed by atoms with Crippen molar-refractivity contribution in [3.05, 3.63) is 58.8 Å². The van der Waals surface area contributed by atoms with E-state index < -0.39 is 17.0 Å². The van der Waals surface area contributed by atoms with E-state index in [1.54, 1.807) is 4.90 Å². The summed E-state index contributed by atoms with van der Waals surface area (Å²) < 4.78 is 35.5. The van der Waals surface area contributed by atoms with Crippen LogP contribution in [0.15, 0.2) is 24.8 Å². The Labute approximate surface area is 239 Å². The molecule has 1 amide bonds. The summed E-state index contributed by atoms with van der Waals surface area (Å²) >= 11 is 0. The summed E-state index contributed by atoms with van der Waals surface area (Å²) in [6.07, 6.45) is 6.97. The predicted molar refractivity (Wildman–Crippen MR) is 150 cm³/mol. The number of benzene rings is 1. The van der Waals surface area contributed by atoms with Crippen LogP contribution in [0.1, 0.15) is 54.5 Å². The van der Waals surface area contributed by atoms with Gasteiger partial charge in [-0.05, 0) is 75.4 Å². The summed E-state index contributed by atoms with van der Waals surface area (Å²) in [5.74, 6) is -0.420. The second-order valence-electron chi connectivity index (χ2n) is 11.9. The van der Waals surface area contributed by atoms with Crippen molar-refractivity contribution < 1.29 is 18.3 Å². The summed E-state index contributed by atoms with van der Waals surface area (Å²) in [4.78, 5) is 28.4. The van der Waals surface area contributed by atoms with Gasteiger partial charge in [0.25, 0.3) is 0 Å². The molecular weight excluding hydrogens is 526 g/mol. The van der Waals surface area contributed by atoms with Crippen LogP contribution < -0.4 is 9.64 Å². The van der Waals surface area contributed by atoms with Crippen molar-refractivity contribution >= 4 is 11.7 Å².